The molecule has 126 valence electrons. The van der Waals surface area contributed by atoms with Crippen LogP contribution in [-0.4, -0.2) is 30.3 Å². The largest absolute Gasteiger partial charge is 0.339 e. The lowest BCUT2D eigenvalue weighted by atomic mass is 10.1. The van der Waals surface area contributed by atoms with Gasteiger partial charge in [-0.3, -0.25) is 0 Å². The van der Waals surface area contributed by atoms with Crippen molar-refractivity contribution in [2.45, 2.75) is 45.0 Å². The van der Waals surface area contributed by atoms with Gasteiger partial charge in [0, 0.05) is 6.42 Å². The Hall–Kier alpha value is -2.22. The fourth-order valence-electron chi connectivity index (χ4n) is 2.37. The number of aromatic nitrogens is 6. The first-order chi connectivity index (χ1) is 11.5. The van der Waals surface area contributed by atoms with Crippen molar-refractivity contribution in [1.29, 1.82) is 0 Å². The maximum absolute atomic E-state index is 5.26. The van der Waals surface area contributed by atoms with Crippen molar-refractivity contribution >= 4 is 11.8 Å². The summed E-state index contributed by atoms with van der Waals surface area (Å²) in [5, 5.41) is 16.7. The predicted molar refractivity (Wildman–Crippen MR) is 91.0 cm³/mol. The van der Waals surface area contributed by atoms with Gasteiger partial charge in [0.2, 0.25) is 11.0 Å². The number of rotatable bonds is 6. The number of hydrogen-bond acceptors (Lipinski definition) is 7. The second kappa shape index (κ2) is 7.12. The van der Waals surface area contributed by atoms with Crippen molar-refractivity contribution in [1.82, 2.24) is 30.3 Å². The average molecular weight is 344 g/mol. The summed E-state index contributed by atoms with van der Waals surface area (Å²) in [6, 6.07) is 6.19. The predicted octanol–water partition coefficient (Wildman–Crippen LogP) is 3.15. The second-order valence-corrected chi connectivity index (χ2v) is 7.10. The normalized spacial score (nSPS) is 11.4. The zero-order chi connectivity index (χ0) is 17.1. The fourth-order valence-corrected chi connectivity index (χ4v) is 3.10. The Morgan fingerprint density at radius 3 is 2.83 bits per heavy atom. The number of nitrogens with zero attached hydrogens (tertiary/aromatic N) is 6. The summed E-state index contributed by atoms with van der Waals surface area (Å²) in [6.07, 6.45) is 0.790. The minimum atomic E-state index is 0.489. The van der Waals surface area contributed by atoms with Gasteiger partial charge in [-0.05, 0) is 41.8 Å². The van der Waals surface area contributed by atoms with E-state index < -0.39 is 0 Å². The molecule has 0 amide bonds. The van der Waals surface area contributed by atoms with E-state index in [9.17, 15) is 0 Å². The van der Waals surface area contributed by atoms with Crippen LogP contribution in [0.15, 0.2) is 27.9 Å². The highest BCUT2D eigenvalue weighted by molar-refractivity contribution is 7.98. The Labute approximate surface area is 144 Å². The second-order valence-electron chi connectivity index (χ2n) is 6.15. The summed E-state index contributed by atoms with van der Waals surface area (Å²) in [4.78, 5) is 4.40. The van der Waals surface area contributed by atoms with Crippen LogP contribution in [0.1, 0.15) is 36.7 Å². The topological polar surface area (TPSA) is 82.5 Å². The van der Waals surface area contributed by atoms with Crippen molar-refractivity contribution in [3.05, 3.63) is 41.0 Å². The highest BCUT2D eigenvalue weighted by Crippen LogP contribution is 2.23. The number of tetrazole rings is 1. The summed E-state index contributed by atoms with van der Waals surface area (Å²) in [6.45, 7) is 8.36. The third-order valence-corrected chi connectivity index (χ3v) is 4.36. The molecule has 0 aliphatic heterocycles. The van der Waals surface area contributed by atoms with E-state index in [1.54, 1.807) is 4.68 Å². The molecule has 0 fully saturated rings. The Bertz CT molecular complexity index is 826. The molecule has 8 heteroatoms. The van der Waals surface area contributed by atoms with Gasteiger partial charge in [-0.2, -0.15) is 9.67 Å². The number of benzene rings is 1. The molecule has 3 rings (SSSR count). The van der Waals surface area contributed by atoms with Gasteiger partial charge >= 0.3 is 0 Å². The zero-order valence-electron chi connectivity index (χ0n) is 14.2. The van der Waals surface area contributed by atoms with Gasteiger partial charge < -0.3 is 4.52 Å². The van der Waals surface area contributed by atoms with Crippen molar-refractivity contribution in [2.75, 3.05) is 0 Å². The Morgan fingerprint density at radius 2 is 2.08 bits per heavy atom. The van der Waals surface area contributed by atoms with Crippen LogP contribution in [0.25, 0.3) is 5.69 Å². The van der Waals surface area contributed by atoms with Gasteiger partial charge in [0.1, 0.15) is 0 Å². The van der Waals surface area contributed by atoms with E-state index in [2.05, 4.69) is 65.5 Å². The number of hydrogen-bond donors (Lipinski definition) is 0. The zero-order valence-corrected chi connectivity index (χ0v) is 15.0. The third-order valence-electron chi connectivity index (χ3n) is 3.44. The molecule has 0 spiro atoms. The first kappa shape index (κ1) is 16.6. The van der Waals surface area contributed by atoms with Gasteiger partial charge in [-0.1, -0.05) is 48.5 Å². The molecular weight excluding hydrogens is 324 g/mol. The fraction of sp³-hybridized carbons (Fsp3) is 0.438. The van der Waals surface area contributed by atoms with Gasteiger partial charge in [0.25, 0.3) is 0 Å². The molecule has 0 radical (unpaired) electrons. The maximum atomic E-state index is 5.26. The highest BCUT2D eigenvalue weighted by Gasteiger charge is 2.14. The molecule has 0 aliphatic rings. The van der Waals surface area contributed by atoms with Crippen molar-refractivity contribution in [2.24, 2.45) is 5.92 Å². The molecule has 0 saturated heterocycles. The monoisotopic (exact) mass is 344 g/mol. The van der Waals surface area contributed by atoms with E-state index in [4.69, 9.17) is 4.52 Å². The van der Waals surface area contributed by atoms with Crippen LogP contribution in [0.4, 0.5) is 0 Å². The lowest BCUT2D eigenvalue weighted by molar-refractivity contribution is 0.360. The van der Waals surface area contributed by atoms with E-state index >= 15 is 0 Å². The Morgan fingerprint density at radius 1 is 1.25 bits per heavy atom. The first-order valence-electron chi connectivity index (χ1n) is 7.83. The molecular formula is C16H20N6OS. The molecule has 0 saturated carbocycles. The maximum Gasteiger partial charge on any atom is 0.226 e. The van der Waals surface area contributed by atoms with E-state index in [0.717, 1.165) is 17.7 Å². The summed E-state index contributed by atoms with van der Waals surface area (Å²) in [7, 11) is 0. The molecule has 3 aromatic rings. The van der Waals surface area contributed by atoms with Crippen LogP contribution in [0.2, 0.25) is 0 Å². The highest BCUT2D eigenvalue weighted by atomic mass is 32.2. The molecule has 0 N–H and O–H groups in total. The van der Waals surface area contributed by atoms with Gasteiger partial charge in [0.05, 0.1) is 11.4 Å². The van der Waals surface area contributed by atoms with Gasteiger partial charge in [0.15, 0.2) is 5.82 Å². The minimum absolute atomic E-state index is 0.489. The molecule has 24 heavy (non-hydrogen) atoms. The molecule has 7 nitrogen and oxygen atoms in total. The molecule has 0 aliphatic carbocycles. The molecule has 0 atom stereocenters. The number of thioether (sulfide) groups is 1. The standard InChI is InChI=1S/C16H20N6OS/c1-10(2)7-15-17-14(19-23-15)9-24-16-18-20-21-22(16)13-6-5-11(3)8-12(13)4/h5-6,8,10H,7,9H2,1-4H3. The van der Waals surface area contributed by atoms with Crippen LogP contribution in [0.3, 0.4) is 0 Å². The summed E-state index contributed by atoms with van der Waals surface area (Å²) in [5.74, 6) is 2.38. The summed E-state index contributed by atoms with van der Waals surface area (Å²) in [5.41, 5.74) is 3.31. The van der Waals surface area contributed by atoms with Gasteiger partial charge in [-0.25, -0.2) is 0 Å². The van der Waals surface area contributed by atoms with E-state index in [-0.39, 0.29) is 0 Å². The van der Waals surface area contributed by atoms with E-state index in [1.807, 2.05) is 6.07 Å². The quantitative estimate of drug-likeness (QED) is 0.635. The summed E-state index contributed by atoms with van der Waals surface area (Å²) < 4.78 is 7.00. The Balaban J connectivity index is 1.73. The van der Waals surface area contributed by atoms with Crippen LogP contribution >= 0.6 is 11.8 Å². The molecule has 2 heterocycles. The van der Waals surface area contributed by atoms with Crippen LogP contribution in [0, 0.1) is 19.8 Å². The van der Waals surface area contributed by atoms with Crippen molar-refractivity contribution in [3.63, 3.8) is 0 Å². The number of aryl methyl sites for hydroxylation is 2. The van der Waals surface area contributed by atoms with E-state index in [0.29, 0.717) is 28.5 Å². The summed E-state index contributed by atoms with van der Waals surface area (Å²) >= 11 is 1.49. The smallest absolute Gasteiger partial charge is 0.226 e. The average Bonchev–Trinajstić information content (AvgIpc) is 3.14. The van der Waals surface area contributed by atoms with Crippen molar-refractivity contribution < 1.29 is 4.52 Å². The Kier molecular flexibility index (Phi) is 4.94. The molecule has 0 bridgehead atoms. The van der Waals surface area contributed by atoms with Crippen molar-refractivity contribution in [3.8, 4) is 5.69 Å². The molecule has 2 aromatic heterocycles. The lowest BCUT2D eigenvalue weighted by Gasteiger charge is -2.07. The molecule has 1 aromatic carbocycles. The van der Waals surface area contributed by atoms with E-state index in [1.165, 1.54) is 17.3 Å². The van der Waals surface area contributed by atoms with Crippen LogP contribution < -0.4 is 0 Å². The lowest BCUT2D eigenvalue weighted by Crippen LogP contribution is -2.02. The minimum Gasteiger partial charge on any atom is -0.339 e. The first-order valence-corrected chi connectivity index (χ1v) is 8.81. The SMILES string of the molecule is Cc1ccc(-n2nnnc2SCc2noc(CC(C)C)n2)c(C)c1. The van der Waals surface area contributed by atoms with Crippen LogP contribution in [0.5, 0.6) is 0 Å². The van der Waals surface area contributed by atoms with Gasteiger partial charge in [-0.15, -0.1) is 5.10 Å². The molecule has 0 unspecified atom stereocenters. The van der Waals surface area contributed by atoms with Crippen LogP contribution in [-0.2, 0) is 12.2 Å². The third kappa shape index (κ3) is 3.81.